The Hall–Kier alpha value is -0.203. The molecule has 0 aliphatic rings. The van der Waals surface area contributed by atoms with Crippen molar-refractivity contribution < 1.29 is 4.74 Å². The van der Waals surface area contributed by atoms with Crippen LogP contribution in [-0.4, -0.2) is 29.7 Å². The van der Waals surface area contributed by atoms with Crippen LogP contribution in [0.1, 0.15) is 0 Å². The first-order valence-corrected chi connectivity index (χ1v) is 9.11. The van der Waals surface area contributed by atoms with Crippen LogP contribution in [0.5, 0.6) is 0 Å². The molecule has 0 atom stereocenters. The average Bonchev–Trinajstić information content (AvgIpc) is 2.44. The Labute approximate surface area is 93.8 Å². The monoisotopic (exact) mass is 277 g/mol. The van der Waals surface area contributed by atoms with Crippen molar-refractivity contribution >= 4 is 24.0 Å². The van der Waals surface area contributed by atoms with Crippen molar-refractivity contribution in [3.8, 4) is 0 Å². The van der Waals surface area contributed by atoms with E-state index in [-0.39, 0.29) is 0 Å². The van der Waals surface area contributed by atoms with Crippen molar-refractivity contribution in [2.24, 2.45) is 0 Å². The van der Waals surface area contributed by atoms with Crippen LogP contribution in [0, 0.1) is 0 Å². The molecule has 0 bridgehead atoms. The van der Waals surface area contributed by atoms with Gasteiger partial charge in [0.2, 0.25) is 0 Å². The lowest BCUT2D eigenvalue weighted by Crippen LogP contribution is -2.22. The predicted octanol–water partition coefficient (Wildman–Crippen LogP) is 2.35. The van der Waals surface area contributed by atoms with E-state index < -0.39 is 8.07 Å². The van der Waals surface area contributed by atoms with Crippen LogP contribution in [0.3, 0.4) is 0 Å². The first-order valence-electron chi connectivity index (χ1n) is 4.61. The summed E-state index contributed by atoms with van der Waals surface area (Å²) in [6, 6.07) is 1.18. The molecule has 0 unspecified atom stereocenters. The maximum absolute atomic E-state index is 5.46. The normalized spacial score (nSPS) is 12.0. The van der Waals surface area contributed by atoms with Gasteiger partial charge >= 0.3 is 0 Å². The maximum Gasteiger partial charge on any atom is 0.158 e. The van der Waals surface area contributed by atoms with Gasteiger partial charge in [-0.25, -0.2) is 0 Å². The van der Waals surface area contributed by atoms with Crippen LogP contribution in [-0.2, 0) is 11.5 Å². The van der Waals surface area contributed by atoms with Crippen molar-refractivity contribution in [1.29, 1.82) is 0 Å². The Morgan fingerprint density at radius 3 is 2.71 bits per heavy atom. The fraction of sp³-hybridized carbons (Fsp3) is 0.750. The second-order valence-electron chi connectivity index (χ2n) is 4.39. The number of hydrogen-bond donors (Lipinski definition) is 0. The van der Waals surface area contributed by atoms with Gasteiger partial charge in [0.15, 0.2) is 6.73 Å². The Morgan fingerprint density at radius 2 is 2.21 bits per heavy atom. The molecule has 1 aromatic heterocycles. The Kier molecular flexibility index (Phi) is 4.27. The minimum atomic E-state index is -0.975. The second kappa shape index (κ2) is 5.04. The van der Waals surface area contributed by atoms with Gasteiger partial charge in [0.05, 0.1) is 6.20 Å². The highest BCUT2D eigenvalue weighted by Crippen LogP contribution is 2.07. The number of rotatable bonds is 5. The summed E-state index contributed by atoms with van der Waals surface area (Å²) in [4.78, 5) is 1.54. The highest BCUT2D eigenvalue weighted by atomic mass is 79.9. The van der Waals surface area contributed by atoms with Gasteiger partial charge in [0, 0.05) is 14.7 Å². The van der Waals surface area contributed by atoms with Crippen molar-refractivity contribution in [1.82, 2.24) is 15.0 Å². The Bertz CT molecular complexity index is 284. The summed E-state index contributed by atoms with van der Waals surface area (Å²) >= 11 is 3.23. The average molecular weight is 278 g/mol. The van der Waals surface area contributed by atoms with Gasteiger partial charge in [-0.15, -0.1) is 5.10 Å². The van der Waals surface area contributed by atoms with E-state index in [1.807, 2.05) is 0 Å². The van der Waals surface area contributed by atoms with E-state index in [4.69, 9.17) is 4.74 Å². The lowest BCUT2D eigenvalue weighted by Gasteiger charge is -2.14. The summed E-state index contributed by atoms with van der Waals surface area (Å²) in [5.41, 5.74) is 0. The highest BCUT2D eigenvalue weighted by Gasteiger charge is 2.11. The van der Waals surface area contributed by atoms with Gasteiger partial charge in [-0.1, -0.05) is 19.6 Å². The molecule has 0 aliphatic heterocycles. The molecule has 4 nitrogen and oxygen atoms in total. The summed E-state index contributed by atoms with van der Waals surface area (Å²) in [7, 11) is -0.975. The van der Waals surface area contributed by atoms with E-state index in [2.05, 4.69) is 45.8 Å². The molecular formula is C8H16BrN3OSi. The molecule has 0 N–H and O–H groups in total. The van der Waals surface area contributed by atoms with Gasteiger partial charge < -0.3 is 4.74 Å². The maximum atomic E-state index is 5.46. The first-order chi connectivity index (χ1) is 6.47. The zero-order chi connectivity index (χ0) is 10.6. The molecule has 0 fully saturated rings. The first kappa shape index (κ1) is 11.9. The number of aromatic nitrogens is 3. The molecule has 6 heteroatoms. The molecule has 80 valence electrons. The van der Waals surface area contributed by atoms with E-state index in [0.717, 1.165) is 11.2 Å². The van der Waals surface area contributed by atoms with Gasteiger partial charge in [-0.3, -0.25) is 0 Å². The van der Waals surface area contributed by atoms with Crippen LogP contribution in [0.4, 0.5) is 0 Å². The molecule has 0 radical (unpaired) electrons. The smallest absolute Gasteiger partial charge is 0.158 e. The number of ether oxygens (including phenoxy) is 1. The number of hydrogen-bond acceptors (Lipinski definition) is 3. The highest BCUT2D eigenvalue weighted by molar-refractivity contribution is 9.10. The van der Waals surface area contributed by atoms with Crippen LogP contribution < -0.4 is 0 Å². The van der Waals surface area contributed by atoms with Crippen molar-refractivity contribution in [3.05, 3.63) is 10.8 Å². The molecule has 1 aromatic rings. The van der Waals surface area contributed by atoms with Crippen LogP contribution in [0.2, 0.25) is 25.7 Å². The Balaban J connectivity index is 2.16. The minimum absolute atomic E-state index is 0.441. The summed E-state index contributed by atoms with van der Waals surface area (Å²) in [6.45, 7) is 8.24. The van der Waals surface area contributed by atoms with E-state index in [1.54, 1.807) is 6.20 Å². The molecule has 0 amide bonds. The Morgan fingerprint density at radius 1 is 1.50 bits per heavy atom. The summed E-state index contributed by atoms with van der Waals surface area (Å²) in [6.07, 6.45) is 1.65. The van der Waals surface area contributed by atoms with Gasteiger partial charge in [0.1, 0.15) is 4.60 Å². The topological polar surface area (TPSA) is 39.9 Å². The molecule has 0 saturated carbocycles. The predicted molar refractivity (Wildman–Crippen MR) is 61.8 cm³/mol. The van der Waals surface area contributed by atoms with Crippen LogP contribution in [0.25, 0.3) is 0 Å². The summed E-state index contributed by atoms with van der Waals surface area (Å²) < 4.78 is 6.20. The van der Waals surface area contributed by atoms with E-state index in [9.17, 15) is 0 Å². The van der Waals surface area contributed by atoms with Gasteiger partial charge in [-0.2, -0.15) is 9.90 Å². The fourth-order valence-electron chi connectivity index (χ4n) is 0.863. The molecular weight excluding hydrogens is 262 g/mol. The van der Waals surface area contributed by atoms with Crippen molar-refractivity contribution in [2.75, 3.05) is 6.61 Å². The summed E-state index contributed by atoms with van der Waals surface area (Å²) in [5, 5.41) is 8.05. The number of nitrogens with zero attached hydrogens (tertiary/aromatic N) is 3. The van der Waals surface area contributed by atoms with Gasteiger partial charge in [0.25, 0.3) is 0 Å². The molecule has 1 rings (SSSR count). The zero-order valence-electron chi connectivity index (χ0n) is 8.83. The largest absolute Gasteiger partial charge is 0.358 e. The standard InChI is InChI=1S/C8H16BrN3OSi/c1-14(2,3)5-4-13-7-12-10-6-8(9)11-12/h6H,4-5,7H2,1-3H3. The quantitative estimate of drug-likeness (QED) is 0.613. The van der Waals surface area contributed by atoms with Crippen LogP contribution in [0.15, 0.2) is 10.8 Å². The fourth-order valence-corrected chi connectivity index (χ4v) is 1.89. The number of halogens is 1. The summed E-state index contributed by atoms with van der Waals surface area (Å²) in [5.74, 6) is 0. The molecule has 0 saturated heterocycles. The third-order valence-corrected chi connectivity index (χ3v) is 3.78. The third kappa shape index (κ3) is 4.87. The zero-order valence-corrected chi connectivity index (χ0v) is 11.4. The molecule has 14 heavy (non-hydrogen) atoms. The van der Waals surface area contributed by atoms with E-state index in [1.165, 1.54) is 10.8 Å². The SMILES string of the molecule is C[Si](C)(C)CCOCn1ncc(Br)n1. The van der Waals surface area contributed by atoms with Crippen molar-refractivity contribution in [2.45, 2.75) is 32.4 Å². The molecule has 0 spiro atoms. The van der Waals surface area contributed by atoms with E-state index in [0.29, 0.717) is 6.73 Å². The van der Waals surface area contributed by atoms with Crippen LogP contribution >= 0.6 is 15.9 Å². The van der Waals surface area contributed by atoms with Crippen molar-refractivity contribution in [3.63, 3.8) is 0 Å². The lowest BCUT2D eigenvalue weighted by atomic mass is 10.8. The molecule has 1 heterocycles. The van der Waals surface area contributed by atoms with Gasteiger partial charge in [-0.05, 0) is 22.0 Å². The second-order valence-corrected chi connectivity index (χ2v) is 10.8. The molecule has 0 aliphatic carbocycles. The lowest BCUT2D eigenvalue weighted by molar-refractivity contribution is 0.0683. The minimum Gasteiger partial charge on any atom is -0.358 e. The third-order valence-electron chi connectivity index (χ3n) is 1.71. The molecule has 0 aromatic carbocycles. The van der Waals surface area contributed by atoms with E-state index >= 15 is 0 Å².